The molecule has 0 saturated carbocycles. The number of anilines is 1. The molecular weight excluding hydrogens is 256 g/mol. The SMILES string of the molecule is Cn1c(=O)oc2cc(-c3ccc(C#N)c(N)n3)ccc21. The van der Waals surface area contributed by atoms with Gasteiger partial charge in [-0.15, -0.1) is 0 Å². The van der Waals surface area contributed by atoms with Gasteiger partial charge < -0.3 is 10.2 Å². The van der Waals surface area contributed by atoms with Gasteiger partial charge in [-0.2, -0.15) is 5.26 Å². The van der Waals surface area contributed by atoms with E-state index in [1.807, 2.05) is 12.1 Å². The molecule has 6 nitrogen and oxygen atoms in total. The van der Waals surface area contributed by atoms with Crippen molar-refractivity contribution in [3.05, 3.63) is 46.4 Å². The maximum absolute atomic E-state index is 11.4. The summed E-state index contributed by atoms with van der Waals surface area (Å²) in [5.41, 5.74) is 8.61. The van der Waals surface area contributed by atoms with Gasteiger partial charge in [0, 0.05) is 12.6 Å². The molecule has 0 amide bonds. The van der Waals surface area contributed by atoms with Crippen molar-refractivity contribution >= 4 is 16.9 Å². The number of aryl methyl sites for hydroxylation is 1. The number of nitriles is 1. The van der Waals surface area contributed by atoms with E-state index in [0.29, 0.717) is 22.4 Å². The third-order valence-electron chi connectivity index (χ3n) is 3.13. The maximum Gasteiger partial charge on any atom is 0.419 e. The number of hydrogen-bond donors (Lipinski definition) is 1. The van der Waals surface area contributed by atoms with Crippen LogP contribution in [0.5, 0.6) is 0 Å². The van der Waals surface area contributed by atoms with Crippen LogP contribution in [0.25, 0.3) is 22.4 Å². The fourth-order valence-electron chi connectivity index (χ4n) is 2.02. The summed E-state index contributed by atoms with van der Waals surface area (Å²) in [6, 6.07) is 10.6. The molecule has 6 heteroatoms. The summed E-state index contributed by atoms with van der Waals surface area (Å²) in [6.07, 6.45) is 0. The zero-order valence-corrected chi connectivity index (χ0v) is 10.6. The second kappa shape index (κ2) is 4.24. The summed E-state index contributed by atoms with van der Waals surface area (Å²) >= 11 is 0. The number of oxazole rings is 1. The van der Waals surface area contributed by atoms with Gasteiger partial charge in [0.25, 0.3) is 0 Å². The number of nitrogen functional groups attached to an aromatic ring is 1. The van der Waals surface area contributed by atoms with E-state index in [2.05, 4.69) is 4.98 Å². The van der Waals surface area contributed by atoms with Crippen molar-refractivity contribution < 1.29 is 4.42 Å². The quantitative estimate of drug-likeness (QED) is 0.722. The Hall–Kier alpha value is -3.07. The van der Waals surface area contributed by atoms with Crippen LogP contribution >= 0.6 is 0 Å². The number of benzene rings is 1. The Morgan fingerprint density at radius 3 is 2.85 bits per heavy atom. The smallest absolute Gasteiger partial charge is 0.408 e. The molecular formula is C14H10N4O2. The topological polar surface area (TPSA) is 97.8 Å². The zero-order valence-electron chi connectivity index (χ0n) is 10.6. The highest BCUT2D eigenvalue weighted by Crippen LogP contribution is 2.24. The van der Waals surface area contributed by atoms with Gasteiger partial charge >= 0.3 is 5.76 Å². The summed E-state index contributed by atoms with van der Waals surface area (Å²) < 4.78 is 6.56. The van der Waals surface area contributed by atoms with Gasteiger partial charge in [-0.3, -0.25) is 4.57 Å². The van der Waals surface area contributed by atoms with Crippen molar-refractivity contribution in [1.29, 1.82) is 5.26 Å². The van der Waals surface area contributed by atoms with Crippen molar-refractivity contribution in [3.63, 3.8) is 0 Å². The largest absolute Gasteiger partial charge is 0.419 e. The minimum absolute atomic E-state index is 0.180. The van der Waals surface area contributed by atoms with Crippen LogP contribution in [0.3, 0.4) is 0 Å². The number of aromatic nitrogens is 2. The van der Waals surface area contributed by atoms with Gasteiger partial charge in [-0.25, -0.2) is 9.78 Å². The number of nitrogens with two attached hydrogens (primary N) is 1. The number of pyridine rings is 1. The molecule has 0 aliphatic carbocycles. The second-order valence-electron chi connectivity index (χ2n) is 4.35. The van der Waals surface area contributed by atoms with Crippen molar-refractivity contribution in [3.8, 4) is 17.3 Å². The van der Waals surface area contributed by atoms with E-state index in [-0.39, 0.29) is 5.82 Å². The highest BCUT2D eigenvalue weighted by atomic mass is 16.4. The molecule has 3 rings (SSSR count). The molecule has 2 N–H and O–H groups in total. The molecule has 2 aromatic heterocycles. The Morgan fingerprint density at radius 1 is 1.35 bits per heavy atom. The molecule has 98 valence electrons. The minimum Gasteiger partial charge on any atom is -0.408 e. The third kappa shape index (κ3) is 1.73. The number of rotatable bonds is 1. The molecule has 1 aromatic carbocycles. The van der Waals surface area contributed by atoms with Gasteiger partial charge in [0.1, 0.15) is 11.9 Å². The van der Waals surface area contributed by atoms with Crippen LogP contribution in [-0.4, -0.2) is 9.55 Å². The summed E-state index contributed by atoms with van der Waals surface area (Å²) in [4.78, 5) is 15.6. The molecule has 0 aliphatic heterocycles. The zero-order chi connectivity index (χ0) is 14.3. The Bertz CT molecular complexity index is 915. The second-order valence-corrected chi connectivity index (χ2v) is 4.35. The van der Waals surface area contributed by atoms with Crippen LogP contribution in [0.1, 0.15) is 5.56 Å². The minimum atomic E-state index is -0.413. The number of nitrogens with zero attached hydrogens (tertiary/aromatic N) is 3. The molecule has 0 saturated heterocycles. The lowest BCUT2D eigenvalue weighted by Crippen LogP contribution is -2.08. The maximum atomic E-state index is 11.4. The lowest BCUT2D eigenvalue weighted by molar-refractivity contribution is 0.528. The molecule has 0 unspecified atom stereocenters. The van der Waals surface area contributed by atoms with Crippen molar-refractivity contribution in [2.45, 2.75) is 0 Å². The molecule has 2 heterocycles. The Kier molecular flexibility index (Phi) is 2.54. The standard InChI is InChI=1S/C14H10N4O2/c1-18-11-5-3-8(6-12(11)20-14(18)19)10-4-2-9(7-15)13(16)17-10/h2-6H,1H3,(H2,16,17). The predicted octanol–water partition coefficient (Wildman–Crippen LogP) is 1.65. The molecule has 20 heavy (non-hydrogen) atoms. The molecule has 0 aliphatic rings. The van der Waals surface area contributed by atoms with E-state index in [0.717, 1.165) is 5.56 Å². The van der Waals surface area contributed by atoms with Gasteiger partial charge in [0.2, 0.25) is 0 Å². The van der Waals surface area contributed by atoms with E-state index in [9.17, 15) is 4.79 Å². The normalized spacial score (nSPS) is 10.6. The summed E-state index contributed by atoms with van der Waals surface area (Å²) in [7, 11) is 1.64. The van der Waals surface area contributed by atoms with Crippen LogP contribution in [0, 0.1) is 11.3 Å². The first-order chi connectivity index (χ1) is 9.60. The van der Waals surface area contributed by atoms with E-state index in [4.69, 9.17) is 15.4 Å². The van der Waals surface area contributed by atoms with Crippen LogP contribution in [0.2, 0.25) is 0 Å². The Morgan fingerprint density at radius 2 is 2.15 bits per heavy atom. The average molecular weight is 266 g/mol. The summed E-state index contributed by atoms with van der Waals surface area (Å²) in [5.74, 6) is -0.232. The van der Waals surface area contributed by atoms with Gasteiger partial charge in [0.05, 0.1) is 16.8 Å². The van der Waals surface area contributed by atoms with Crippen LogP contribution in [0.4, 0.5) is 5.82 Å². The van der Waals surface area contributed by atoms with Crippen molar-refractivity contribution in [2.75, 3.05) is 5.73 Å². The van der Waals surface area contributed by atoms with Crippen LogP contribution in [-0.2, 0) is 7.05 Å². The molecule has 0 atom stereocenters. The van der Waals surface area contributed by atoms with E-state index < -0.39 is 5.76 Å². The predicted molar refractivity (Wildman–Crippen MR) is 73.8 cm³/mol. The number of fused-ring (bicyclic) bond motifs is 1. The highest BCUT2D eigenvalue weighted by molar-refractivity contribution is 5.79. The average Bonchev–Trinajstić information content (AvgIpc) is 2.73. The Balaban J connectivity index is 2.17. The first kappa shape index (κ1) is 12.0. The van der Waals surface area contributed by atoms with Gasteiger partial charge in [-0.05, 0) is 24.3 Å². The lowest BCUT2D eigenvalue weighted by atomic mass is 10.1. The highest BCUT2D eigenvalue weighted by Gasteiger charge is 2.09. The fourth-order valence-corrected chi connectivity index (χ4v) is 2.02. The molecule has 0 spiro atoms. The molecule has 0 radical (unpaired) electrons. The fraction of sp³-hybridized carbons (Fsp3) is 0.0714. The summed E-state index contributed by atoms with van der Waals surface area (Å²) in [5, 5.41) is 8.83. The van der Waals surface area contributed by atoms with Crippen molar-refractivity contribution in [2.24, 2.45) is 7.05 Å². The lowest BCUT2D eigenvalue weighted by Gasteiger charge is -2.03. The van der Waals surface area contributed by atoms with Crippen LogP contribution in [0.15, 0.2) is 39.5 Å². The first-order valence-electron chi connectivity index (χ1n) is 5.87. The van der Waals surface area contributed by atoms with E-state index in [1.54, 1.807) is 31.3 Å². The molecule has 0 bridgehead atoms. The molecule has 3 aromatic rings. The molecule has 0 fully saturated rings. The van der Waals surface area contributed by atoms with Crippen molar-refractivity contribution in [1.82, 2.24) is 9.55 Å². The van der Waals surface area contributed by atoms with E-state index in [1.165, 1.54) is 4.57 Å². The first-order valence-corrected chi connectivity index (χ1v) is 5.87. The Labute approximate surface area is 113 Å². The summed E-state index contributed by atoms with van der Waals surface area (Å²) in [6.45, 7) is 0. The number of hydrogen-bond acceptors (Lipinski definition) is 5. The third-order valence-corrected chi connectivity index (χ3v) is 3.13. The van der Waals surface area contributed by atoms with Crippen LogP contribution < -0.4 is 11.5 Å². The van der Waals surface area contributed by atoms with Gasteiger partial charge in [-0.1, -0.05) is 6.07 Å². The monoisotopic (exact) mass is 266 g/mol. The van der Waals surface area contributed by atoms with E-state index >= 15 is 0 Å². The van der Waals surface area contributed by atoms with Gasteiger partial charge in [0.15, 0.2) is 5.58 Å².